The van der Waals surface area contributed by atoms with Crippen molar-refractivity contribution < 1.29 is 0 Å². The normalized spacial score (nSPS) is 18.7. The van der Waals surface area contributed by atoms with E-state index in [9.17, 15) is 0 Å². The summed E-state index contributed by atoms with van der Waals surface area (Å²) in [7, 11) is 0. The summed E-state index contributed by atoms with van der Waals surface area (Å²) in [5.74, 6) is 1.66. The lowest BCUT2D eigenvalue weighted by atomic mass is 10.0. The molecule has 110 valence electrons. The topological polar surface area (TPSA) is 57.7 Å². The van der Waals surface area contributed by atoms with E-state index in [1.54, 1.807) is 0 Å². The Morgan fingerprint density at radius 2 is 2.29 bits per heavy atom. The Kier molecular flexibility index (Phi) is 3.22. The number of aryl methyl sites for hydroxylation is 1. The van der Waals surface area contributed by atoms with Gasteiger partial charge in [0, 0.05) is 55.8 Å². The highest BCUT2D eigenvalue weighted by atomic mass is 15.2. The number of rotatable bonds is 4. The van der Waals surface area contributed by atoms with E-state index in [4.69, 9.17) is 0 Å². The summed E-state index contributed by atoms with van der Waals surface area (Å²) in [6.07, 6.45) is 6.46. The molecule has 1 saturated carbocycles. The maximum absolute atomic E-state index is 4.62. The van der Waals surface area contributed by atoms with Gasteiger partial charge in [-0.2, -0.15) is 5.10 Å². The van der Waals surface area contributed by atoms with Gasteiger partial charge in [0.05, 0.1) is 11.4 Å². The molecule has 0 spiro atoms. The van der Waals surface area contributed by atoms with Crippen molar-refractivity contribution in [3.63, 3.8) is 0 Å². The van der Waals surface area contributed by atoms with Crippen molar-refractivity contribution in [1.29, 1.82) is 0 Å². The molecule has 0 amide bonds. The third-order valence-corrected chi connectivity index (χ3v) is 4.47. The van der Waals surface area contributed by atoms with Gasteiger partial charge < -0.3 is 0 Å². The molecule has 0 bridgehead atoms. The summed E-state index contributed by atoms with van der Waals surface area (Å²) in [5, 5.41) is 7.80. The summed E-state index contributed by atoms with van der Waals surface area (Å²) >= 11 is 0. The molecular weight excluding hydrogens is 262 g/mol. The van der Waals surface area contributed by atoms with Gasteiger partial charge in [0.2, 0.25) is 0 Å². The van der Waals surface area contributed by atoms with Gasteiger partial charge in [-0.25, -0.2) is 9.97 Å². The van der Waals surface area contributed by atoms with Gasteiger partial charge in [-0.3, -0.25) is 10.00 Å². The molecule has 1 aliphatic carbocycles. The van der Waals surface area contributed by atoms with E-state index in [0.29, 0.717) is 0 Å². The molecule has 0 saturated heterocycles. The van der Waals surface area contributed by atoms with Gasteiger partial charge >= 0.3 is 0 Å². The molecule has 2 aromatic rings. The highest BCUT2D eigenvalue weighted by molar-refractivity contribution is 5.32. The summed E-state index contributed by atoms with van der Waals surface area (Å²) in [4.78, 5) is 11.4. The third-order valence-electron chi connectivity index (χ3n) is 4.47. The second kappa shape index (κ2) is 5.22. The Balaban J connectivity index is 1.50. The molecule has 0 unspecified atom stereocenters. The number of H-pyrrole nitrogens is 1. The first-order valence-electron chi connectivity index (χ1n) is 7.92. The molecule has 5 heteroatoms. The molecule has 0 atom stereocenters. The second-order valence-corrected chi connectivity index (χ2v) is 6.12. The molecule has 0 radical (unpaired) electrons. The zero-order chi connectivity index (χ0) is 14.2. The Labute approximate surface area is 124 Å². The number of aromatic nitrogens is 4. The molecule has 4 rings (SSSR count). The van der Waals surface area contributed by atoms with Crippen LogP contribution in [0.1, 0.15) is 54.2 Å². The fraction of sp³-hybridized carbons (Fsp3) is 0.562. The van der Waals surface area contributed by atoms with Crippen LogP contribution in [0.4, 0.5) is 0 Å². The molecule has 5 nitrogen and oxygen atoms in total. The van der Waals surface area contributed by atoms with Gasteiger partial charge in [-0.1, -0.05) is 6.92 Å². The molecule has 2 aromatic heterocycles. The lowest BCUT2D eigenvalue weighted by Crippen LogP contribution is -2.30. The zero-order valence-corrected chi connectivity index (χ0v) is 12.5. The monoisotopic (exact) mass is 283 g/mol. The van der Waals surface area contributed by atoms with E-state index >= 15 is 0 Å². The number of nitrogens with one attached hydrogen (secondary N) is 1. The predicted octanol–water partition coefficient (Wildman–Crippen LogP) is 2.20. The fourth-order valence-electron chi connectivity index (χ4n) is 3.13. The smallest absolute Gasteiger partial charge is 0.128 e. The maximum Gasteiger partial charge on any atom is 0.128 e. The van der Waals surface area contributed by atoms with Gasteiger partial charge in [-0.15, -0.1) is 0 Å². The van der Waals surface area contributed by atoms with E-state index in [1.165, 1.54) is 29.8 Å². The summed E-state index contributed by atoms with van der Waals surface area (Å²) in [5.41, 5.74) is 5.26. The first kappa shape index (κ1) is 13.0. The van der Waals surface area contributed by atoms with E-state index in [0.717, 1.165) is 49.9 Å². The van der Waals surface area contributed by atoms with E-state index in [2.05, 4.69) is 32.0 Å². The lowest BCUT2D eigenvalue weighted by molar-refractivity contribution is 0.241. The van der Waals surface area contributed by atoms with E-state index in [-0.39, 0.29) is 0 Å². The van der Waals surface area contributed by atoms with Crippen molar-refractivity contribution in [3.05, 3.63) is 40.7 Å². The molecule has 1 fully saturated rings. The number of nitrogens with zero attached hydrogens (tertiary/aromatic N) is 4. The van der Waals surface area contributed by atoms with Gasteiger partial charge in [-0.05, 0) is 18.9 Å². The van der Waals surface area contributed by atoms with Crippen LogP contribution in [-0.4, -0.2) is 31.6 Å². The summed E-state index contributed by atoms with van der Waals surface area (Å²) < 4.78 is 0. The van der Waals surface area contributed by atoms with Crippen LogP contribution in [0.3, 0.4) is 0 Å². The van der Waals surface area contributed by atoms with Crippen molar-refractivity contribution in [2.24, 2.45) is 0 Å². The molecule has 0 aromatic carbocycles. The van der Waals surface area contributed by atoms with E-state index in [1.807, 2.05) is 12.3 Å². The SMILES string of the molecule is CCc1nccc(CN2CCc3[nH]nc(C4CC4)c3C2)n1. The fourth-order valence-corrected chi connectivity index (χ4v) is 3.13. The van der Waals surface area contributed by atoms with Gasteiger partial charge in [0.25, 0.3) is 0 Å². The Hall–Kier alpha value is -1.75. The Bertz CT molecular complexity index is 644. The summed E-state index contributed by atoms with van der Waals surface area (Å²) in [6.45, 7) is 5.08. The van der Waals surface area contributed by atoms with Crippen molar-refractivity contribution in [2.75, 3.05) is 6.54 Å². The zero-order valence-electron chi connectivity index (χ0n) is 12.5. The van der Waals surface area contributed by atoms with Crippen LogP contribution in [0, 0.1) is 0 Å². The molecular formula is C16H21N5. The van der Waals surface area contributed by atoms with Crippen molar-refractivity contribution in [1.82, 2.24) is 25.1 Å². The predicted molar refractivity (Wildman–Crippen MR) is 79.8 cm³/mol. The first-order valence-corrected chi connectivity index (χ1v) is 7.92. The quantitative estimate of drug-likeness (QED) is 0.934. The standard InChI is InChI=1S/C16H21N5/c1-2-15-17-7-5-12(18-15)9-21-8-6-14-13(10-21)16(20-19-14)11-3-4-11/h5,7,11H,2-4,6,8-10H2,1H3,(H,19,20). The van der Waals surface area contributed by atoms with Crippen molar-refractivity contribution in [2.45, 2.75) is 51.6 Å². The van der Waals surface area contributed by atoms with Crippen LogP contribution < -0.4 is 0 Å². The van der Waals surface area contributed by atoms with Crippen molar-refractivity contribution >= 4 is 0 Å². The third kappa shape index (κ3) is 2.58. The number of fused-ring (bicyclic) bond motifs is 1. The van der Waals surface area contributed by atoms with Crippen LogP contribution in [0.2, 0.25) is 0 Å². The van der Waals surface area contributed by atoms with E-state index < -0.39 is 0 Å². The Morgan fingerprint density at radius 3 is 3.10 bits per heavy atom. The van der Waals surface area contributed by atoms with Gasteiger partial charge in [0.15, 0.2) is 0 Å². The molecule has 2 aliphatic rings. The van der Waals surface area contributed by atoms with Crippen LogP contribution in [-0.2, 0) is 25.9 Å². The van der Waals surface area contributed by atoms with Gasteiger partial charge in [0.1, 0.15) is 5.82 Å². The Morgan fingerprint density at radius 1 is 1.38 bits per heavy atom. The second-order valence-electron chi connectivity index (χ2n) is 6.12. The highest BCUT2D eigenvalue weighted by Gasteiger charge is 2.32. The highest BCUT2D eigenvalue weighted by Crippen LogP contribution is 2.42. The average molecular weight is 283 g/mol. The number of aromatic amines is 1. The lowest BCUT2D eigenvalue weighted by Gasteiger charge is -2.26. The van der Waals surface area contributed by atoms with Crippen LogP contribution in [0.5, 0.6) is 0 Å². The largest absolute Gasteiger partial charge is 0.293 e. The van der Waals surface area contributed by atoms with Crippen molar-refractivity contribution in [3.8, 4) is 0 Å². The minimum absolute atomic E-state index is 0.718. The summed E-state index contributed by atoms with van der Waals surface area (Å²) in [6, 6.07) is 2.03. The minimum Gasteiger partial charge on any atom is -0.293 e. The van der Waals surface area contributed by atoms with Crippen LogP contribution in [0.25, 0.3) is 0 Å². The molecule has 3 heterocycles. The molecule has 1 N–H and O–H groups in total. The molecule has 21 heavy (non-hydrogen) atoms. The first-order chi connectivity index (χ1) is 10.3. The minimum atomic E-state index is 0.718. The number of hydrogen-bond acceptors (Lipinski definition) is 4. The number of hydrogen-bond donors (Lipinski definition) is 1. The average Bonchev–Trinajstić information content (AvgIpc) is 3.27. The molecule has 1 aliphatic heterocycles. The van der Waals surface area contributed by atoms with Crippen LogP contribution >= 0.6 is 0 Å². The maximum atomic E-state index is 4.62. The van der Waals surface area contributed by atoms with Crippen LogP contribution in [0.15, 0.2) is 12.3 Å².